The molecule has 2 nitrogen and oxygen atoms in total. The Morgan fingerprint density at radius 1 is 1.53 bits per heavy atom. The summed E-state index contributed by atoms with van der Waals surface area (Å²) < 4.78 is 7.21. The van der Waals surface area contributed by atoms with Crippen LogP contribution in [0.3, 0.4) is 0 Å². The molecular weight excluding hydrogens is 278 g/mol. The zero-order chi connectivity index (χ0) is 12.6. The van der Waals surface area contributed by atoms with Gasteiger partial charge in [0.2, 0.25) is 0 Å². The lowest BCUT2D eigenvalue weighted by molar-refractivity contribution is 0.0340. The molecule has 0 saturated carbocycles. The minimum atomic E-state index is -0.138. The highest BCUT2D eigenvalue weighted by Crippen LogP contribution is 2.42. The quantitative estimate of drug-likeness (QED) is 0.894. The summed E-state index contributed by atoms with van der Waals surface area (Å²) in [5.74, 6) is 1.54. The van der Waals surface area contributed by atoms with Crippen LogP contribution in [0.2, 0.25) is 0 Å². The highest BCUT2D eigenvalue weighted by atomic mass is 79.9. The largest absolute Gasteiger partial charge is 0.487 e. The number of hydrogen-bond donors (Lipinski definition) is 1. The van der Waals surface area contributed by atoms with Gasteiger partial charge in [-0.25, -0.2) is 0 Å². The van der Waals surface area contributed by atoms with Crippen LogP contribution in [0.4, 0.5) is 0 Å². The minimum Gasteiger partial charge on any atom is -0.487 e. The fourth-order valence-electron chi connectivity index (χ4n) is 2.77. The second kappa shape index (κ2) is 4.62. The van der Waals surface area contributed by atoms with Gasteiger partial charge >= 0.3 is 0 Å². The molecule has 0 saturated heterocycles. The molecule has 0 amide bonds. The molecule has 3 heteroatoms. The van der Waals surface area contributed by atoms with E-state index in [0.717, 1.165) is 28.6 Å². The lowest BCUT2D eigenvalue weighted by atomic mass is 9.83. The molecule has 1 aliphatic rings. The van der Waals surface area contributed by atoms with Crippen molar-refractivity contribution < 1.29 is 4.74 Å². The van der Waals surface area contributed by atoms with Crippen LogP contribution in [0.15, 0.2) is 22.7 Å². The minimum absolute atomic E-state index is 0.0793. The molecule has 0 bridgehead atoms. The highest BCUT2D eigenvalue weighted by Gasteiger charge is 2.36. The van der Waals surface area contributed by atoms with Gasteiger partial charge < -0.3 is 10.5 Å². The third kappa shape index (κ3) is 2.83. The maximum Gasteiger partial charge on any atom is 0.126 e. The number of fused-ring (bicyclic) bond motifs is 1. The Kier molecular flexibility index (Phi) is 3.50. The summed E-state index contributed by atoms with van der Waals surface area (Å²) in [6, 6.07) is 6.18. The van der Waals surface area contributed by atoms with Crippen molar-refractivity contribution in [3.63, 3.8) is 0 Å². The topological polar surface area (TPSA) is 35.2 Å². The number of nitrogens with two attached hydrogens (primary N) is 1. The SMILES string of the molecule is CC(C)CC1(C)C[C@H](N)c2ccc(Br)cc2O1. The van der Waals surface area contributed by atoms with Crippen molar-refractivity contribution in [2.45, 2.75) is 45.3 Å². The number of benzene rings is 1. The zero-order valence-electron chi connectivity index (χ0n) is 10.7. The Morgan fingerprint density at radius 2 is 2.24 bits per heavy atom. The molecule has 1 unspecified atom stereocenters. The van der Waals surface area contributed by atoms with Crippen LogP contribution in [0, 0.1) is 5.92 Å². The number of ether oxygens (including phenoxy) is 1. The van der Waals surface area contributed by atoms with Crippen molar-refractivity contribution in [2.24, 2.45) is 11.7 Å². The van der Waals surface area contributed by atoms with Gasteiger partial charge in [0.1, 0.15) is 11.4 Å². The molecular formula is C14H20BrNO. The summed E-state index contributed by atoms with van der Waals surface area (Å²) >= 11 is 3.48. The zero-order valence-corrected chi connectivity index (χ0v) is 12.3. The van der Waals surface area contributed by atoms with E-state index >= 15 is 0 Å². The van der Waals surface area contributed by atoms with Crippen LogP contribution in [0.25, 0.3) is 0 Å². The van der Waals surface area contributed by atoms with Gasteiger partial charge in [-0.1, -0.05) is 35.8 Å². The first-order valence-electron chi connectivity index (χ1n) is 6.14. The van der Waals surface area contributed by atoms with E-state index in [4.69, 9.17) is 10.5 Å². The molecule has 0 radical (unpaired) electrons. The second-order valence-electron chi connectivity index (χ2n) is 5.64. The fourth-order valence-corrected chi connectivity index (χ4v) is 3.11. The summed E-state index contributed by atoms with van der Waals surface area (Å²) in [5.41, 5.74) is 7.23. The maximum absolute atomic E-state index is 6.25. The predicted octanol–water partition coefficient (Wildman–Crippen LogP) is 4.04. The van der Waals surface area contributed by atoms with Crippen LogP contribution in [0.1, 0.15) is 45.2 Å². The van der Waals surface area contributed by atoms with Crippen molar-refractivity contribution in [1.82, 2.24) is 0 Å². The van der Waals surface area contributed by atoms with Crippen LogP contribution >= 0.6 is 15.9 Å². The lowest BCUT2D eigenvalue weighted by Crippen LogP contribution is -2.41. The molecule has 0 aromatic heterocycles. The average molecular weight is 298 g/mol. The Labute approximate surface area is 112 Å². The molecule has 1 aromatic carbocycles. The summed E-state index contributed by atoms with van der Waals surface area (Å²) in [6.45, 7) is 6.60. The van der Waals surface area contributed by atoms with E-state index < -0.39 is 0 Å². The Bertz CT molecular complexity index is 419. The van der Waals surface area contributed by atoms with Crippen LogP contribution < -0.4 is 10.5 Å². The predicted molar refractivity (Wildman–Crippen MR) is 74.2 cm³/mol. The van der Waals surface area contributed by atoms with E-state index in [1.54, 1.807) is 0 Å². The third-order valence-electron chi connectivity index (χ3n) is 3.22. The van der Waals surface area contributed by atoms with Crippen LogP contribution in [-0.2, 0) is 0 Å². The molecule has 94 valence electrons. The molecule has 2 rings (SSSR count). The van der Waals surface area contributed by atoms with Crippen molar-refractivity contribution in [2.75, 3.05) is 0 Å². The first-order valence-corrected chi connectivity index (χ1v) is 6.93. The standard InChI is InChI=1S/C14H20BrNO/c1-9(2)7-14(3)8-12(16)11-5-4-10(15)6-13(11)17-14/h4-6,9,12H,7-8,16H2,1-3H3/t12-,14?/m0/s1. The van der Waals surface area contributed by atoms with Crippen molar-refractivity contribution in [3.8, 4) is 5.75 Å². The first kappa shape index (κ1) is 12.9. The van der Waals surface area contributed by atoms with Crippen molar-refractivity contribution in [1.29, 1.82) is 0 Å². The van der Waals surface area contributed by atoms with Gasteiger partial charge in [0.15, 0.2) is 0 Å². The molecule has 17 heavy (non-hydrogen) atoms. The summed E-state index contributed by atoms with van der Waals surface area (Å²) in [7, 11) is 0. The molecule has 2 atom stereocenters. The Balaban J connectivity index is 2.31. The van der Waals surface area contributed by atoms with Gasteiger partial charge in [-0.2, -0.15) is 0 Å². The van der Waals surface area contributed by atoms with Gasteiger partial charge in [-0.05, 0) is 31.4 Å². The fraction of sp³-hybridized carbons (Fsp3) is 0.571. The van der Waals surface area contributed by atoms with Gasteiger partial charge in [0, 0.05) is 22.5 Å². The molecule has 1 heterocycles. The number of hydrogen-bond acceptors (Lipinski definition) is 2. The molecule has 2 N–H and O–H groups in total. The Hall–Kier alpha value is -0.540. The van der Waals surface area contributed by atoms with Gasteiger partial charge in [-0.15, -0.1) is 0 Å². The second-order valence-corrected chi connectivity index (χ2v) is 6.56. The van der Waals surface area contributed by atoms with Gasteiger partial charge in [-0.3, -0.25) is 0 Å². The number of rotatable bonds is 2. The van der Waals surface area contributed by atoms with Gasteiger partial charge in [0.25, 0.3) is 0 Å². The van der Waals surface area contributed by atoms with E-state index in [1.807, 2.05) is 12.1 Å². The van der Waals surface area contributed by atoms with Gasteiger partial charge in [0.05, 0.1) is 0 Å². The summed E-state index contributed by atoms with van der Waals surface area (Å²) in [4.78, 5) is 0. The van der Waals surface area contributed by atoms with E-state index in [0.29, 0.717) is 5.92 Å². The first-order chi connectivity index (χ1) is 7.89. The highest BCUT2D eigenvalue weighted by molar-refractivity contribution is 9.10. The van der Waals surface area contributed by atoms with E-state index in [9.17, 15) is 0 Å². The Morgan fingerprint density at radius 3 is 2.88 bits per heavy atom. The molecule has 0 fully saturated rings. The maximum atomic E-state index is 6.25. The van der Waals surface area contributed by atoms with E-state index in [-0.39, 0.29) is 11.6 Å². The van der Waals surface area contributed by atoms with Crippen molar-refractivity contribution in [3.05, 3.63) is 28.2 Å². The van der Waals surface area contributed by atoms with Crippen molar-refractivity contribution >= 4 is 15.9 Å². The number of halogens is 1. The van der Waals surface area contributed by atoms with Crippen LogP contribution in [0.5, 0.6) is 5.75 Å². The molecule has 1 aliphatic heterocycles. The molecule has 1 aromatic rings. The molecule has 0 aliphatic carbocycles. The third-order valence-corrected chi connectivity index (χ3v) is 3.72. The average Bonchev–Trinajstić information content (AvgIpc) is 2.13. The summed E-state index contributed by atoms with van der Waals surface area (Å²) in [6.07, 6.45) is 1.92. The van der Waals surface area contributed by atoms with E-state index in [1.165, 1.54) is 0 Å². The smallest absolute Gasteiger partial charge is 0.126 e. The normalized spacial score (nSPS) is 27.8. The van der Waals surface area contributed by atoms with E-state index in [2.05, 4.69) is 42.8 Å². The molecule has 0 spiro atoms. The summed E-state index contributed by atoms with van der Waals surface area (Å²) in [5, 5.41) is 0. The van der Waals surface area contributed by atoms with Crippen LogP contribution in [-0.4, -0.2) is 5.60 Å². The lowest BCUT2D eigenvalue weighted by Gasteiger charge is -2.40. The monoisotopic (exact) mass is 297 g/mol.